The number of hydrogen-bond donors (Lipinski definition) is 1. The second kappa shape index (κ2) is 6.00. The van der Waals surface area contributed by atoms with Gasteiger partial charge in [0.1, 0.15) is 5.69 Å². The minimum Gasteiger partial charge on any atom is -0.399 e. The van der Waals surface area contributed by atoms with Crippen molar-refractivity contribution in [3.63, 3.8) is 0 Å². The molecule has 102 valence electrons. The van der Waals surface area contributed by atoms with Crippen molar-refractivity contribution in [1.29, 1.82) is 0 Å². The number of rotatable bonds is 5. The Labute approximate surface area is 107 Å². The average Bonchev–Trinajstić information content (AvgIpc) is 2.21. The smallest absolute Gasteiger partial charge is 0.151 e. The van der Waals surface area contributed by atoms with Gasteiger partial charge in [0.2, 0.25) is 0 Å². The highest BCUT2D eigenvalue weighted by Gasteiger charge is 2.21. The molecule has 0 amide bonds. The van der Waals surface area contributed by atoms with Gasteiger partial charge in [-0.3, -0.25) is 0 Å². The number of hydrogen-bond acceptors (Lipinski definition) is 3. The van der Waals surface area contributed by atoms with Crippen molar-refractivity contribution in [3.8, 4) is 0 Å². The van der Waals surface area contributed by atoms with E-state index in [0.717, 1.165) is 18.7 Å². The molecule has 0 spiro atoms. The predicted octanol–water partition coefficient (Wildman–Crippen LogP) is 2.32. The van der Waals surface area contributed by atoms with Gasteiger partial charge in [0.15, 0.2) is 11.6 Å². The second-order valence-electron chi connectivity index (χ2n) is 4.73. The molecule has 0 bridgehead atoms. The highest BCUT2D eigenvalue weighted by Crippen LogP contribution is 2.27. The highest BCUT2D eigenvalue weighted by atomic mass is 19.1. The molecule has 1 unspecified atom stereocenters. The van der Waals surface area contributed by atoms with Gasteiger partial charge in [-0.1, -0.05) is 0 Å². The number of halogens is 2. The molecule has 3 nitrogen and oxygen atoms in total. The zero-order valence-corrected chi connectivity index (χ0v) is 11.4. The Bertz CT molecular complexity index is 384. The molecule has 0 fully saturated rings. The molecule has 0 saturated carbocycles. The summed E-state index contributed by atoms with van der Waals surface area (Å²) < 4.78 is 27.7. The monoisotopic (exact) mass is 257 g/mol. The Balaban J connectivity index is 3.09. The molecule has 2 N–H and O–H groups in total. The third-order valence-corrected chi connectivity index (χ3v) is 2.83. The molecule has 1 aromatic carbocycles. The van der Waals surface area contributed by atoms with Gasteiger partial charge >= 0.3 is 0 Å². The number of nitrogens with zero attached hydrogens (tertiary/aromatic N) is 2. The van der Waals surface area contributed by atoms with Crippen LogP contribution in [0.2, 0.25) is 0 Å². The van der Waals surface area contributed by atoms with Crippen molar-refractivity contribution in [2.75, 3.05) is 37.8 Å². The van der Waals surface area contributed by atoms with Crippen molar-refractivity contribution in [2.45, 2.75) is 19.9 Å². The minimum atomic E-state index is -0.611. The number of anilines is 2. The van der Waals surface area contributed by atoms with Crippen molar-refractivity contribution < 1.29 is 8.78 Å². The number of likely N-dealkylation sites (N-methyl/N-ethyl adjacent to an activating group) is 2. The summed E-state index contributed by atoms with van der Waals surface area (Å²) >= 11 is 0. The SMILES string of the molecule is CCN(c1c(F)cc(N)cc1F)C(C)CN(C)C. The molecule has 0 aliphatic heterocycles. The number of nitrogens with two attached hydrogens (primary N) is 1. The fourth-order valence-electron chi connectivity index (χ4n) is 2.18. The lowest BCUT2D eigenvalue weighted by molar-refractivity contribution is 0.370. The first kappa shape index (κ1) is 14.7. The van der Waals surface area contributed by atoms with E-state index >= 15 is 0 Å². The van der Waals surface area contributed by atoms with Crippen molar-refractivity contribution >= 4 is 11.4 Å². The molecule has 1 aromatic rings. The van der Waals surface area contributed by atoms with Gasteiger partial charge in [-0.25, -0.2) is 8.78 Å². The Hall–Kier alpha value is -1.36. The second-order valence-corrected chi connectivity index (χ2v) is 4.73. The third-order valence-electron chi connectivity index (χ3n) is 2.83. The van der Waals surface area contributed by atoms with E-state index in [-0.39, 0.29) is 17.4 Å². The topological polar surface area (TPSA) is 32.5 Å². The Morgan fingerprint density at radius 2 is 1.72 bits per heavy atom. The third kappa shape index (κ3) is 3.32. The Morgan fingerprint density at radius 3 is 2.11 bits per heavy atom. The fourth-order valence-corrected chi connectivity index (χ4v) is 2.18. The Kier molecular flexibility index (Phi) is 4.90. The molecule has 18 heavy (non-hydrogen) atoms. The Morgan fingerprint density at radius 1 is 1.22 bits per heavy atom. The molecule has 0 aliphatic carbocycles. The molecule has 5 heteroatoms. The first-order valence-electron chi connectivity index (χ1n) is 6.02. The van der Waals surface area contributed by atoms with Gasteiger partial charge in [-0.2, -0.15) is 0 Å². The largest absolute Gasteiger partial charge is 0.399 e. The molecule has 0 heterocycles. The zero-order valence-electron chi connectivity index (χ0n) is 11.4. The van der Waals surface area contributed by atoms with Crippen LogP contribution in [0, 0.1) is 11.6 Å². The van der Waals surface area contributed by atoms with Crippen LogP contribution in [0.3, 0.4) is 0 Å². The summed E-state index contributed by atoms with van der Waals surface area (Å²) in [4.78, 5) is 3.70. The number of nitrogen functional groups attached to an aromatic ring is 1. The van der Waals surface area contributed by atoms with E-state index in [0.29, 0.717) is 6.54 Å². The maximum Gasteiger partial charge on any atom is 0.151 e. The zero-order chi connectivity index (χ0) is 13.9. The van der Waals surface area contributed by atoms with Crippen molar-refractivity contribution in [1.82, 2.24) is 4.90 Å². The molecule has 1 atom stereocenters. The minimum absolute atomic E-state index is 0.000972. The van der Waals surface area contributed by atoms with Gasteiger partial charge < -0.3 is 15.5 Å². The predicted molar refractivity (Wildman–Crippen MR) is 71.8 cm³/mol. The lowest BCUT2D eigenvalue weighted by Crippen LogP contribution is -2.41. The normalized spacial score (nSPS) is 12.8. The maximum atomic E-state index is 13.9. The molecule has 0 radical (unpaired) electrons. The van der Waals surface area contributed by atoms with Crippen molar-refractivity contribution in [2.24, 2.45) is 0 Å². The van der Waals surface area contributed by atoms with Gasteiger partial charge in [-0.15, -0.1) is 0 Å². The van der Waals surface area contributed by atoms with Crippen LogP contribution >= 0.6 is 0 Å². The van der Waals surface area contributed by atoms with E-state index in [1.54, 1.807) is 4.90 Å². The van der Waals surface area contributed by atoms with Gasteiger partial charge in [0, 0.05) is 24.8 Å². The van der Waals surface area contributed by atoms with Crippen LogP contribution in [-0.2, 0) is 0 Å². The summed E-state index contributed by atoms with van der Waals surface area (Å²) in [5.41, 5.74) is 5.52. The summed E-state index contributed by atoms with van der Waals surface area (Å²) in [7, 11) is 3.86. The molecular formula is C13H21F2N3. The number of benzene rings is 1. The van der Waals surface area contributed by atoms with Gasteiger partial charge in [0.05, 0.1) is 0 Å². The fraction of sp³-hybridized carbons (Fsp3) is 0.538. The van der Waals surface area contributed by atoms with E-state index in [1.807, 2.05) is 32.8 Å². The first-order chi connectivity index (χ1) is 8.36. The van der Waals surface area contributed by atoms with Gasteiger partial charge in [0.25, 0.3) is 0 Å². The van der Waals surface area contributed by atoms with Crippen LogP contribution in [0.25, 0.3) is 0 Å². The lowest BCUT2D eigenvalue weighted by atomic mass is 10.2. The molecule has 1 rings (SSSR count). The quantitative estimate of drug-likeness (QED) is 0.822. The standard InChI is InChI=1S/C13H21F2N3/c1-5-18(9(2)8-17(3)4)13-11(14)6-10(16)7-12(13)15/h6-7,9H,5,8,16H2,1-4H3. The van der Waals surface area contributed by atoms with Crippen LogP contribution in [-0.4, -0.2) is 38.1 Å². The van der Waals surface area contributed by atoms with Crippen LogP contribution in [0.5, 0.6) is 0 Å². The maximum absolute atomic E-state index is 13.9. The molecular weight excluding hydrogens is 236 g/mol. The van der Waals surface area contributed by atoms with Gasteiger partial charge in [-0.05, 0) is 40.1 Å². The van der Waals surface area contributed by atoms with E-state index in [2.05, 4.69) is 0 Å². The summed E-state index contributed by atoms with van der Waals surface area (Å²) in [5, 5.41) is 0. The summed E-state index contributed by atoms with van der Waals surface area (Å²) in [6.45, 7) is 5.07. The summed E-state index contributed by atoms with van der Waals surface area (Å²) in [5.74, 6) is -1.22. The van der Waals surface area contributed by atoms with E-state index in [1.165, 1.54) is 0 Å². The van der Waals surface area contributed by atoms with E-state index in [4.69, 9.17) is 5.73 Å². The van der Waals surface area contributed by atoms with Crippen LogP contribution in [0.4, 0.5) is 20.2 Å². The highest BCUT2D eigenvalue weighted by molar-refractivity contribution is 5.56. The molecule has 0 aliphatic rings. The van der Waals surface area contributed by atoms with Crippen LogP contribution in [0.1, 0.15) is 13.8 Å². The average molecular weight is 257 g/mol. The van der Waals surface area contributed by atoms with Crippen molar-refractivity contribution in [3.05, 3.63) is 23.8 Å². The lowest BCUT2D eigenvalue weighted by Gasteiger charge is -2.32. The van der Waals surface area contributed by atoms with E-state index < -0.39 is 11.6 Å². The van der Waals surface area contributed by atoms with Crippen LogP contribution in [0.15, 0.2) is 12.1 Å². The first-order valence-corrected chi connectivity index (χ1v) is 6.02. The van der Waals surface area contributed by atoms with E-state index in [9.17, 15) is 8.78 Å². The van der Waals surface area contributed by atoms with Crippen LogP contribution < -0.4 is 10.6 Å². The summed E-state index contributed by atoms with van der Waals surface area (Å²) in [6, 6.07) is 2.32. The molecule has 0 saturated heterocycles. The summed E-state index contributed by atoms with van der Waals surface area (Å²) in [6.07, 6.45) is 0. The molecule has 0 aromatic heterocycles.